The Kier molecular flexibility index (Phi) is 48.0. The van der Waals surface area contributed by atoms with Gasteiger partial charge >= 0.3 is 67.4 Å². The van der Waals surface area contributed by atoms with Crippen molar-refractivity contribution < 1.29 is 171 Å². The van der Waals surface area contributed by atoms with Crippen molar-refractivity contribution in [2.75, 3.05) is 141 Å². The molecular formula is C85H123F9LiN10O19Pd-. The molecule has 1 amide bonds. The van der Waals surface area contributed by atoms with Crippen molar-refractivity contribution >= 4 is 85.5 Å². The number of ether oxygens (including phenoxy) is 10. The smallest absolute Gasteiger partial charge is 0.870 e. The Balaban J connectivity index is 0.000000772. The van der Waals surface area contributed by atoms with Crippen molar-refractivity contribution in [2.24, 2.45) is 5.73 Å². The van der Waals surface area contributed by atoms with Crippen LogP contribution in [0.2, 0.25) is 0 Å². The molecule has 3 aromatic heterocycles. The molecule has 7 aliphatic heterocycles. The number of pyridine rings is 3. The molecule has 0 saturated carbocycles. The number of ketones is 1. The number of carboxylic acids is 2. The van der Waals surface area contributed by atoms with Gasteiger partial charge < -0.3 is 106 Å². The summed E-state index contributed by atoms with van der Waals surface area (Å²) < 4.78 is 173. The van der Waals surface area contributed by atoms with Gasteiger partial charge in [0, 0.05) is 131 Å². The molecule has 7 saturated heterocycles. The van der Waals surface area contributed by atoms with Crippen molar-refractivity contribution in [3.05, 3.63) is 116 Å². The molecule has 5 N–H and O–H groups in total. The van der Waals surface area contributed by atoms with E-state index < -0.39 is 89.2 Å². The maximum Gasteiger partial charge on any atom is 1.00 e. The Morgan fingerprint density at radius 1 is 0.488 bits per heavy atom. The average Bonchev–Trinajstić information content (AvgIpc) is 0.775. The van der Waals surface area contributed by atoms with Crippen LogP contribution < -0.4 is 39.3 Å². The first-order chi connectivity index (χ1) is 55.5. The molecular weight excluding hydrogens is 1750 g/mol. The number of hydrogen-bond acceptors (Lipinski definition) is 26. The van der Waals surface area contributed by atoms with E-state index in [0.717, 1.165) is 70.2 Å². The van der Waals surface area contributed by atoms with E-state index in [2.05, 4.69) is 36.5 Å². The standard InChI is InChI=1S/C23H28F3N3O3.C17H17F3N2O3.C16H15F3N2O3.C11H19NO5.C8H14O3.C6H14N2O.3CH4.CH3.Li.H2O.Pd/c1-15-12-29(14-21(32-15)20(30)8-5-16-13-28(2)10-11-31-16)19-7-6-18(23(24,25)26)22-17(19)4-3-9-27-22;1-10-8-22(9-14(25-10)16(23)24-2)13-6-5-12(17(18,19)20)15-11(13)4-3-7-21-15;1-9-7-21(8-13(24-9)15(22)23)12-5-4-11(16(17,18)19)14-10(12)3-2-6-20-14;1-7-5-12(6-8(16-7)9(13)14)10(15)17-11(2,3)4;1-6-4-3-5-7(11-6)8(9)10-2;1-8-2-3-9-6(4-7)5-8;;;;;;;/h3-4,6-7,9,15-16,21H,5,8,10-14H2,1-2H3;3-7,10,14H,8-9H2,1-2H3;2-6,9,13H,7-8H2,1H3,(H,22,23);7-8H,5-6H2,1-4H3,(H,13,14);6-7H,3-5H2,1-2H3;6H,2-5,7H2,1H3;3*1H4;1H3;;1H2;/q;;;;;;;;;-1;+1;;/p-1/t15-,16?,21-;10-,14-;9-,13-;7-,8-;6-,7-;;;;;;;;/m11111......../s1. The fourth-order valence-electron chi connectivity index (χ4n) is 14.4. The van der Waals surface area contributed by atoms with Gasteiger partial charge in [0.2, 0.25) is 0 Å². The molecule has 0 radical (unpaired) electrons. The Hall–Kier alpha value is -7.70. The van der Waals surface area contributed by atoms with Crippen LogP contribution in [0.15, 0.2) is 91.4 Å². The van der Waals surface area contributed by atoms with Crippen LogP contribution in [0.25, 0.3) is 32.7 Å². The topological polar surface area (TPSA) is 349 Å². The number of carbonyl (C=O) groups excluding carboxylic acids is 4. The number of anilines is 3. The van der Waals surface area contributed by atoms with Crippen LogP contribution in [0.5, 0.6) is 0 Å². The van der Waals surface area contributed by atoms with Gasteiger partial charge in [0.15, 0.2) is 30.2 Å². The van der Waals surface area contributed by atoms with Crippen molar-refractivity contribution in [1.82, 2.24) is 29.7 Å². The summed E-state index contributed by atoms with van der Waals surface area (Å²) in [5, 5.41) is 19.2. The van der Waals surface area contributed by atoms with E-state index in [-0.39, 0.29) is 171 Å². The van der Waals surface area contributed by atoms with Crippen LogP contribution in [0.4, 0.5) is 61.4 Å². The normalized spacial score (nSPS) is 23.4. The third-order valence-electron chi connectivity index (χ3n) is 19.8. The number of carboxylic acid groups (broad SMARTS) is 2. The van der Waals surface area contributed by atoms with E-state index in [0.29, 0.717) is 91.9 Å². The number of nitrogens with two attached hydrogens (primary N) is 1. The number of nitrogens with zero attached hydrogens (tertiary/aromatic N) is 9. The Bertz CT molecular complexity index is 4360. The molecule has 7 aliphatic rings. The van der Waals surface area contributed by atoms with Crippen molar-refractivity contribution in [1.29, 1.82) is 0 Å². The summed E-state index contributed by atoms with van der Waals surface area (Å²) in [5.74, 6) is -2.92. The number of carbonyl (C=O) groups is 6. The summed E-state index contributed by atoms with van der Waals surface area (Å²) >= 11 is 0. The van der Waals surface area contributed by atoms with E-state index in [1.54, 1.807) is 82.8 Å². The fraction of sp³-hybridized carbons (Fsp3) is 0.600. The third-order valence-corrected chi connectivity index (χ3v) is 19.8. The Labute approximate surface area is 751 Å². The first-order valence-electron chi connectivity index (χ1n) is 38.8. The van der Waals surface area contributed by atoms with Crippen molar-refractivity contribution in [3.8, 4) is 0 Å². The minimum Gasteiger partial charge on any atom is -0.870 e. The van der Waals surface area contributed by atoms with Crippen LogP contribution in [0.3, 0.4) is 0 Å². The summed E-state index contributed by atoms with van der Waals surface area (Å²) in [6.45, 7) is 22.5. The quantitative estimate of drug-likeness (QED) is 0.0337. The number of methoxy groups -OCH3 is 2. The molecule has 13 rings (SSSR count). The predicted octanol–water partition coefficient (Wildman–Crippen LogP) is 10.2. The first kappa shape index (κ1) is 115. The molecule has 0 spiro atoms. The van der Waals surface area contributed by atoms with Gasteiger partial charge in [-0.15, -0.1) is 0 Å². The van der Waals surface area contributed by atoms with Gasteiger partial charge in [-0.3, -0.25) is 19.7 Å². The number of aliphatic carboxylic acids is 2. The predicted molar refractivity (Wildman–Crippen MR) is 446 cm³/mol. The average molecular weight is 1870 g/mol. The van der Waals surface area contributed by atoms with Crippen LogP contribution in [-0.4, -0.2) is 287 Å². The summed E-state index contributed by atoms with van der Waals surface area (Å²) in [6, 6.07) is 16.9. The minimum atomic E-state index is -4.51. The zero-order chi connectivity index (χ0) is 86.7. The monoisotopic (exact) mass is 1870 g/mol. The van der Waals surface area contributed by atoms with E-state index in [1.807, 2.05) is 30.7 Å². The number of likely N-dealkylation sites (N-methyl/N-ethyl adjacent to an activating group) is 2. The van der Waals surface area contributed by atoms with Gasteiger partial charge in [0.1, 0.15) is 11.7 Å². The maximum atomic E-state index is 13.5. The SMILES string of the molecule is C.C.C.CN1CCOC(CN)C1.COC(=O)[C@H]1CCC[C@@H](C)O1.COC(=O)[C@H]1CN(c2ccc(C(F)(F)F)c3ncccc23)C[C@@H](C)O1.C[C@@H]1CN(C(=O)OC(C)(C)C)C[C@H](C(=O)O)O1.C[C@@H]1CN(c2ccc(C(F)(F)F)c3ncccc23)C[C@H](C(=O)CCC2CN(C)CCO2)O1.C[C@@H]1CN(c2ccc(C(F)(F)F)c3ncccc23)C[C@H](C(=O)O)O1.[CH3-].[Li+].[OH-].[Pd]. The summed E-state index contributed by atoms with van der Waals surface area (Å²) in [4.78, 5) is 92.6. The Morgan fingerprint density at radius 3 is 1.21 bits per heavy atom. The zero-order valence-corrected chi connectivity index (χ0v) is 72.5. The van der Waals surface area contributed by atoms with Crippen LogP contribution in [0, 0.1) is 7.43 Å². The number of alkyl halides is 9. The van der Waals surface area contributed by atoms with E-state index in [1.165, 1.54) is 55.9 Å². The molecule has 7 fully saturated rings. The fourth-order valence-corrected chi connectivity index (χ4v) is 14.4. The first-order valence-corrected chi connectivity index (χ1v) is 38.8. The molecule has 0 aliphatic carbocycles. The second kappa shape index (κ2) is 52.1. The van der Waals surface area contributed by atoms with Crippen LogP contribution in [-0.2, 0) is 110 Å². The number of rotatable bonds is 12. The van der Waals surface area contributed by atoms with Crippen LogP contribution in [0.1, 0.15) is 126 Å². The number of benzene rings is 3. The molecule has 6 aromatic rings. The van der Waals surface area contributed by atoms with Crippen LogP contribution >= 0.6 is 0 Å². The van der Waals surface area contributed by atoms with Crippen molar-refractivity contribution in [3.63, 3.8) is 0 Å². The molecule has 40 heteroatoms. The number of morpholine rings is 6. The number of esters is 2. The maximum absolute atomic E-state index is 13.5. The van der Waals surface area contributed by atoms with Gasteiger partial charge in [-0.05, 0) is 168 Å². The largest absolute Gasteiger partial charge is 1.00 e. The molecule has 12 atom stereocenters. The zero-order valence-electron chi connectivity index (χ0n) is 70.9. The molecule has 0 bridgehead atoms. The molecule has 702 valence electrons. The number of Topliss-reactive ketones (excluding diaryl/α,β-unsaturated/α-hetero) is 1. The summed E-state index contributed by atoms with van der Waals surface area (Å²) in [5.41, 5.74) is 3.87. The third kappa shape index (κ3) is 33.7. The van der Waals surface area contributed by atoms with Gasteiger partial charge in [0.05, 0.1) is 136 Å². The summed E-state index contributed by atoms with van der Waals surface area (Å²) in [7, 11) is 6.78. The molecule has 2 unspecified atom stereocenters. The number of hydrogen-bond donors (Lipinski definition) is 3. The molecule has 125 heavy (non-hydrogen) atoms. The van der Waals surface area contributed by atoms with E-state index in [9.17, 15) is 73.4 Å². The Morgan fingerprint density at radius 2 is 0.840 bits per heavy atom. The van der Waals surface area contributed by atoms with Gasteiger partial charge in [-0.2, -0.15) is 39.5 Å². The minimum absolute atomic E-state index is 0. The van der Waals surface area contributed by atoms with E-state index in [4.69, 9.17) is 53.5 Å². The molecule has 29 nitrogen and oxygen atoms in total. The number of fused-ring (bicyclic) bond motifs is 3. The molecule has 3 aromatic carbocycles. The second-order valence-corrected chi connectivity index (χ2v) is 30.8. The molecule has 10 heterocycles. The number of amides is 1. The van der Waals surface area contributed by atoms with Gasteiger partial charge in [-0.25, -0.2) is 24.0 Å². The van der Waals surface area contributed by atoms with Gasteiger partial charge in [0.25, 0.3) is 0 Å². The van der Waals surface area contributed by atoms with Gasteiger partial charge in [-0.1, -0.05) is 22.3 Å². The summed E-state index contributed by atoms with van der Waals surface area (Å²) in [6.07, 6.45) is -10.5. The number of aromatic nitrogens is 3. The van der Waals surface area contributed by atoms with E-state index >= 15 is 0 Å². The van der Waals surface area contributed by atoms with Crippen molar-refractivity contribution in [2.45, 2.75) is 207 Å². The second-order valence-electron chi connectivity index (χ2n) is 30.8. The number of halogens is 9.